The highest BCUT2D eigenvalue weighted by atomic mass is 16.5. The number of aromatic nitrogens is 4. The van der Waals surface area contributed by atoms with Crippen LogP contribution in [0.15, 0.2) is 54.9 Å². The Kier molecular flexibility index (Phi) is 7.38. The van der Waals surface area contributed by atoms with Gasteiger partial charge in [-0.1, -0.05) is 18.2 Å². The molecule has 0 bridgehead atoms. The minimum absolute atomic E-state index is 0.0781. The summed E-state index contributed by atoms with van der Waals surface area (Å²) in [6, 6.07) is 13.2. The number of fused-ring (bicyclic) bond motifs is 1. The lowest BCUT2D eigenvalue weighted by Gasteiger charge is -2.20. The maximum Gasteiger partial charge on any atom is 0.258 e. The number of nitrogens with zero attached hydrogens (tertiary/aromatic N) is 4. The summed E-state index contributed by atoms with van der Waals surface area (Å²) in [5.74, 6) is 2.21. The Labute approximate surface area is 210 Å². The quantitative estimate of drug-likeness (QED) is 0.344. The number of anilines is 2. The Morgan fingerprint density at radius 1 is 1.06 bits per heavy atom. The molecule has 4 rings (SSSR count). The van der Waals surface area contributed by atoms with Gasteiger partial charge in [-0.15, -0.1) is 0 Å². The molecule has 9 heteroatoms. The number of carbonyl (C=O) groups is 1. The van der Waals surface area contributed by atoms with Gasteiger partial charge in [0.05, 0.1) is 29.4 Å². The van der Waals surface area contributed by atoms with Gasteiger partial charge in [-0.3, -0.25) is 9.48 Å². The standard InChI is InChI=1S/C27H32N6O3/c1-6-33-16-19(15-28-33)29-26-24-21(12-9-13-22(24)35-7-2)30-25(31-26)18-10-8-11-20(14-18)36-17-23(34)32-27(3,4)5/h8-16H,6-7,17H2,1-5H3,(H,32,34)(H,29,30,31). The topological polar surface area (TPSA) is 103 Å². The number of hydrogen-bond acceptors (Lipinski definition) is 7. The Bertz CT molecular complexity index is 1360. The largest absolute Gasteiger partial charge is 0.493 e. The predicted molar refractivity (Wildman–Crippen MR) is 141 cm³/mol. The summed E-state index contributed by atoms with van der Waals surface area (Å²) in [6.45, 7) is 11.0. The molecular formula is C27H32N6O3. The van der Waals surface area contributed by atoms with Crippen molar-refractivity contribution in [3.8, 4) is 22.9 Å². The van der Waals surface area contributed by atoms with Crippen molar-refractivity contribution in [2.75, 3.05) is 18.5 Å². The molecule has 2 heterocycles. The Morgan fingerprint density at radius 3 is 2.58 bits per heavy atom. The molecule has 9 nitrogen and oxygen atoms in total. The third-order valence-corrected chi connectivity index (χ3v) is 5.18. The molecule has 0 aliphatic carbocycles. The maximum absolute atomic E-state index is 12.2. The SMILES string of the molecule is CCOc1cccc2nc(-c3cccc(OCC(=O)NC(C)(C)C)c3)nc(Nc3cnn(CC)c3)c12. The Morgan fingerprint density at radius 2 is 1.86 bits per heavy atom. The summed E-state index contributed by atoms with van der Waals surface area (Å²) in [6.07, 6.45) is 3.69. The van der Waals surface area contributed by atoms with Crippen LogP contribution in [0.3, 0.4) is 0 Å². The van der Waals surface area contributed by atoms with Gasteiger partial charge in [0.25, 0.3) is 5.91 Å². The van der Waals surface area contributed by atoms with E-state index in [4.69, 9.17) is 19.4 Å². The fourth-order valence-corrected chi connectivity index (χ4v) is 3.71. The number of ether oxygens (including phenoxy) is 2. The van der Waals surface area contributed by atoms with Crippen molar-refractivity contribution in [3.05, 3.63) is 54.9 Å². The molecular weight excluding hydrogens is 456 g/mol. The molecule has 0 saturated heterocycles. The van der Waals surface area contributed by atoms with Crippen LogP contribution >= 0.6 is 0 Å². The first-order chi connectivity index (χ1) is 17.3. The minimum Gasteiger partial charge on any atom is -0.493 e. The van der Waals surface area contributed by atoms with Crippen LogP contribution in [0.25, 0.3) is 22.3 Å². The van der Waals surface area contributed by atoms with Gasteiger partial charge < -0.3 is 20.1 Å². The monoisotopic (exact) mass is 488 g/mol. The number of aryl methyl sites for hydroxylation is 1. The Balaban J connectivity index is 1.69. The number of hydrogen-bond donors (Lipinski definition) is 2. The van der Waals surface area contributed by atoms with E-state index in [9.17, 15) is 4.79 Å². The zero-order valence-corrected chi connectivity index (χ0v) is 21.3. The number of rotatable bonds is 9. The summed E-state index contributed by atoms with van der Waals surface area (Å²) in [7, 11) is 0. The van der Waals surface area contributed by atoms with Crippen molar-refractivity contribution >= 4 is 28.3 Å². The number of carbonyl (C=O) groups excluding carboxylic acids is 1. The van der Waals surface area contributed by atoms with E-state index in [1.165, 1.54) is 0 Å². The van der Waals surface area contributed by atoms with Gasteiger partial charge in [0.2, 0.25) is 0 Å². The summed E-state index contributed by atoms with van der Waals surface area (Å²) in [5.41, 5.74) is 2.00. The molecule has 4 aromatic rings. The van der Waals surface area contributed by atoms with Crippen LogP contribution in [0, 0.1) is 0 Å². The zero-order chi connectivity index (χ0) is 25.7. The molecule has 2 aromatic carbocycles. The van der Waals surface area contributed by atoms with E-state index in [0.29, 0.717) is 29.7 Å². The summed E-state index contributed by atoms with van der Waals surface area (Å²) in [5, 5.41) is 11.4. The van der Waals surface area contributed by atoms with Gasteiger partial charge in [0.1, 0.15) is 17.3 Å². The molecule has 36 heavy (non-hydrogen) atoms. The molecule has 1 amide bonds. The molecule has 2 N–H and O–H groups in total. The molecule has 0 fully saturated rings. The van der Waals surface area contributed by atoms with E-state index < -0.39 is 0 Å². The van der Waals surface area contributed by atoms with Crippen molar-refractivity contribution in [2.45, 2.75) is 46.7 Å². The number of benzene rings is 2. The van der Waals surface area contributed by atoms with Gasteiger partial charge in [0.15, 0.2) is 12.4 Å². The van der Waals surface area contributed by atoms with Crippen LogP contribution < -0.4 is 20.1 Å². The van der Waals surface area contributed by atoms with E-state index in [0.717, 1.165) is 28.7 Å². The van der Waals surface area contributed by atoms with Gasteiger partial charge in [-0.2, -0.15) is 5.10 Å². The molecule has 0 aliphatic heterocycles. The first-order valence-corrected chi connectivity index (χ1v) is 12.0. The van der Waals surface area contributed by atoms with Crippen LogP contribution in [0.4, 0.5) is 11.5 Å². The molecule has 0 spiro atoms. The number of nitrogens with one attached hydrogen (secondary N) is 2. The van der Waals surface area contributed by atoms with E-state index in [-0.39, 0.29) is 18.1 Å². The van der Waals surface area contributed by atoms with E-state index in [1.54, 1.807) is 12.3 Å². The summed E-state index contributed by atoms with van der Waals surface area (Å²) >= 11 is 0. The third kappa shape index (κ3) is 6.10. The molecule has 0 saturated carbocycles. The average molecular weight is 489 g/mol. The van der Waals surface area contributed by atoms with E-state index >= 15 is 0 Å². The fraction of sp³-hybridized carbons (Fsp3) is 0.333. The van der Waals surface area contributed by atoms with Crippen LogP contribution in [0.1, 0.15) is 34.6 Å². The lowest BCUT2D eigenvalue weighted by atomic mass is 10.1. The summed E-state index contributed by atoms with van der Waals surface area (Å²) in [4.78, 5) is 21.8. The van der Waals surface area contributed by atoms with E-state index in [1.807, 2.05) is 81.9 Å². The highest BCUT2D eigenvalue weighted by molar-refractivity contribution is 5.97. The van der Waals surface area contributed by atoms with E-state index in [2.05, 4.69) is 15.7 Å². The molecule has 0 unspecified atom stereocenters. The lowest BCUT2D eigenvalue weighted by Crippen LogP contribution is -2.43. The predicted octanol–water partition coefficient (Wildman–Crippen LogP) is 4.95. The average Bonchev–Trinajstić information content (AvgIpc) is 3.29. The fourth-order valence-electron chi connectivity index (χ4n) is 3.71. The van der Waals surface area contributed by atoms with Crippen LogP contribution in [-0.4, -0.2) is 44.4 Å². The second-order valence-electron chi connectivity index (χ2n) is 9.30. The number of amides is 1. The zero-order valence-electron chi connectivity index (χ0n) is 21.3. The van der Waals surface area contributed by atoms with Crippen molar-refractivity contribution in [2.24, 2.45) is 0 Å². The second-order valence-corrected chi connectivity index (χ2v) is 9.30. The van der Waals surface area contributed by atoms with Crippen molar-refractivity contribution < 1.29 is 14.3 Å². The molecule has 0 radical (unpaired) electrons. The van der Waals surface area contributed by atoms with Crippen molar-refractivity contribution in [1.82, 2.24) is 25.1 Å². The lowest BCUT2D eigenvalue weighted by molar-refractivity contribution is -0.124. The van der Waals surface area contributed by atoms with Gasteiger partial charge in [-0.25, -0.2) is 9.97 Å². The molecule has 0 aliphatic rings. The van der Waals surface area contributed by atoms with Gasteiger partial charge in [-0.05, 0) is 58.9 Å². The van der Waals surface area contributed by atoms with Crippen molar-refractivity contribution in [1.29, 1.82) is 0 Å². The van der Waals surface area contributed by atoms with Crippen LogP contribution in [-0.2, 0) is 11.3 Å². The third-order valence-electron chi connectivity index (χ3n) is 5.18. The molecule has 188 valence electrons. The molecule has 2 aromatic heterocycles. The highest BCUT2D eigenvalue weighted by Gasteiger charge is 2.16. The minimum atomic E-state index is -0.321. The molecule has 0 atom stereocenters. The first-order valence-electron chi connectivity index (χ1n) is 12.0. The van der Waals surface area contributed by atoms with Crippen molar-refractivity contribution in [3.63, 3.8) is 0 Å². The normalized spacial score (nSPS) is 11.4. The highest BCUT2D eigenvalue weighted by Crippen LogP contribution is 2.34. The Hall–Kier alpha value is -4.14. The van der Waals surface area contributed by atoms with Crippen LogP contribution in [0.5, 0.6) is 11.5 Å². The van der Waals surface area contributed by atoms with Gasteiger partial charge in [0, 0.05) is 23.8 Å². The summed E-state index contributed by atoms with van der Waals surface area (Å²) < 4.78 is 13.5. The first kappa shape index (κ1) is 25.0. The van der Waals surface area contributed by atoms with Crippen LogP contribution in [0.2, 0.25) is 0 Å². The maximum atomic E-state index is 12.2. The smallest absolute Gasteiger partial charge is 0.258 e. The van der Waals surface area contributed by atoms with Gasteiger partial charge >= 0.3 is 0 Å². The second kappa shape index (κ2) is 10.6.